The summed E-state index contributed by atoms with van der Waals surface area (Å²) in [6.45, 7) is 1.71. The van der Waals surface area contributed by atoms with Crippen LogP contribution in [0.4, 0.5) is 5.69 Å². The van der Waals surface area contributed by atoms with Crippen molar-refractivity contribution in [2.24, 2.45) is 7.05 Å². The van der Waals surface area contributed by atoms with Crippen molar-refractivity contribution in [3.8, 4) is 11.5 Å². The lowest BCUT2D eigenvalue weighted by Gasteiger charge is -2.09. The first-order valence-electron chi connectivity index (χ1n) is 8.26. The number of nitrogens with one attached hydrogen (secondary N) is 1. The van der Waals surface area contributed by atoms with E-state index in [1.807, 2.05) is 30.3 Å². The smallest absolute Gasteiger partial charge is 0.358 e. The summed E-state index contributed by atoms with van der Waals surface area (Å²) in [4.78, 5) is 24.7. The number of methoxy groups -OCH3 is 1. The SMILES string of the molecule is COC(=O)c1c(NC(=O)c2cccc(Oc3ccccc3)c2)c(C)nn1C. The third-order valence-corrected chi connectivity index (χ3v) is 3.91. The molecule has 27 heavy (non-hydrogen) atoms. The van der Waals surface area contributed by atoms with Gasteiger partial charge in [0, 0.05) is 12.6 Å². The molecule has 0 atom stereocenters. The van der Waals surface area contributed by atoms with E-state index in [4.69, 9.17) is 9.47 Å². The molecule has 0 aliphatic carbocycles. The zero-order valence-electron chi connectivity index (χ0n) is 15.2. The highest BCUT2D eigenvalue weighted by Crippen LogP contribution is 2.24. The predicted octanol–water partition coefficient (Wildman–Crippen LogP) is 3.56. The number of hydrogen-bond acceptors (Lipinski definition) is 5. The molecule has 2 aromatic carbocycles. The number of carbonyl (C=O) groups is 2. The van der Waals surface area contributed by atoms with Crippen molar-refractivity contribution in [3.05, 3.63) is 71.5 Å². The highest BCUT2D eigenvalue weighted by atomic mass is 16.5. The summed E-state index contributed by atoms with van der Waals surface area (Å²) in [7, 11) is 2.89. The van der Waals surface area contributed by atoms with Crippen LogP contribution in [0, 0.1) is 6.92 Å². The van der Waals surface area contributed by atoms with Crippen LogP contribution < -0.4 is 10.1 Å². The summed E-state index contributed by atoms with van der Waals surface area (Å²) in [5, 5.41) is 6.92. The van der Waals surface area contributed by atoms with Crippen LogP contribution in [0.2, 0.25) is 0 Å². The van der Waals surface area contributed by atoms with Crippen molar-refractivity contribution in [1.82, 2.24) is 9.78 Å². The maximum atomic E-state index is 12.7. The van der Waals surface area contributed by atoms with E-state index in [9.17, 15) is 9.59 Å². The molecule has 1 aromatic heterocycles. The van der Waals surface area contributed by atoms with Crippen molar-refractivity contribution < 1.29 is 19.1 Å². The zero-order valence-corrected chi connectivity index (χ0v) is 15.2. The molecule has 7 nitrogen and oxygen atoms in total. The maximum Gasteiger partial charge on any atom is 0.358 e. The van der Waals surface area contributed by atoms with Crippen molar-refractivity contribution >= 4 is 17.6 Å². The molecule has 3 aromatic rings. The van der Waals surface area contributed by atoms with E-state index in [0.717, 1.165) is 0 Å². The molecule has 1 heterocycles. The fourth-order valence-corrected chi connectivity index (χ4v) is 2.65. The largest absolute Gasteiger partial charge is 0.464 e. The Labute approximate surface area is 156 Å². The van der Waals surface area contributed by atoms with Gasteiger partial charge in [-0.3, -0.25) is 9.48 Å². The predicted molar refractivity (Wildman–Crippen MR) is 100 cm³/mol. The van der Waals surface area contributed by atoms with Crippen LogP contribution in [-0.2, 0) is 11.8 Å². The van der Waals surface area contributed by atoms with Gasteiger partial charge in [0.25, 0.3) is 5.91 Å². The first kappa shape index (κ1) is 18.2. The van der Waals surface area contributed by atoms with Gasteiger partial charge in [-0.25, -0.2) is 4.79 Å². The van der Waals surface area contributed by atoms with E-state index in [-0.39, 0.29) is 11.6 Å². The molecule has 0 spiro atoms. The number of nitrogens with zero attached hydrogens (tertiary/aromatic N) is 2. The summed E-state index contributed by atoms with van der Waals surface area (Å²) in [5.41, 5.74) is 1.41. The van der Waals surface area contributed by atoms with Gasteiger partial charge in [0.2, 0.25) is 0 Å². The fourth-order valence-electron chi connectivity index (χ4n) is 2.65. The second-order valence-corrected chi connectivity index (χ2v) is 5.82. The number of rotatable bonds is 5. The Morgan fingerprint density at radius 1 is 1.04 bits per heavy atom. The second kappa shape index (κ2) is 7.74. The molecule has 0 fully saturated rings. The van der Waals surface area contributed by atoms with E-state index >= 15 is 0 Å². The average Bonchev–Trinajstić information content (AvgIpc) is 2.95. The molecule has 3 rings (SSSR count). The molecule has 7 heteroatoms. The summed E-state index contributed by atoms with van der Waals surface area (Å²) < 4.78 is 11.9. The first-order valence-corrected chi connectivity index (χ1v) is 8.26. The van der Waals surface area contributed by atoms with Gasteiger partial charge in [-0.2, -0.15) is 5.10 Å². The van der Waals surface area contributed by atoms with Gasteiger partial charge in [0.15, 0.2) is 5.69 Å². The molecule has 0 saturated heterocycles. The fraction of sp³-hybridized carbons (Fsp3) is 0.150. The zero-order chi connectivity index (χ0) is 19.4. The van der Waals surface area contributed by atoms with Gasteiger partial charge in [0.1, 0.15) is 11.5 Å². The van der Waals surface area contributed by atoms with E-state index in [1.165, 1.54) is 11.8 Å². The molecule has 138 valence electrons. The normalized spacial score (nSPS) is 10.3. The monoisotopic (exact) mass is 365 g/mol. The number of carbonyl (C=O) groups excluding carboxylic acids is 2. The van der Waals surface area contributed by atoms with E-state index < -0.39 is 5.97 Å². The minimum atomic E-state index is -0.574. The summed E-state index contributed by atoms with van der Waals surface area (Å²) in [5.74, 6) is 0.250. The quantitative estimate of drug-likeness (QED) is 0.699. The first-order chi connectivity index (χ1) is 13.0. The average molecular weight is 365 g/mol. The Morgan fingerprint density at radius 3 is 2.44 bits per heavy atom. The number of esters is 1. The Balaban J connectivity index is 1.83. The molecule has 0 saturated carbocycles. The van der Waals surface area contributed by atoms with Gasteiger partial charge in [-0.1, -0.05) is 24.3 Å². The Bertz CT molecular complexity index is 980. The van der Waals surface area contributed by atoms with Gasteiger partial charge in [-0.15, -0.1) is 0 Å². The number of amides is 1. The van der Waals surface area contributed by atoms with Crippen LogP contribution in [-0.4, -0.2) is 28.8 Å². The summed E-state index contributed by atoms with van der Waals surface area (Å²) in [6, 6.07) is 16.1. The highest BCUT2D eigenvalue weighted by Gasteiger charge is 2.23. The number of benzene rings is 2. The molecule has 0 aliphatic rings. The molecule has 0 unspecified atom stereocenters. The third kappa shape index (κ3) is 3.98. The number of aryl methyl sites for hydroxylation is 2. The molecule has 0 aliphatic heterocycles. The lowest BCUT2D eigenvalue weighted by atomic mass is 10.2. The molecule has 1 N–H and O–H groups in total. The molecular weight excluding hydrogens is 346 g/mol. The Kier molecular flexibility index (Phi) is 5.21. The van der Waals surface area contributed by atoms with Crippen LogP contribution in [0.25, 0.3) is 0 Å². The number of aromatic nitrogens is 2. The second-order valence-electron chi connectivity index (χ2n) is 5.82. The van der Waals surface area contributed by atoms with Gasteiger partial charge < -0.3 is 14.8 Å². The van der Waals surface area contributed by atoms with Gasteiger partial charge in [-0.05, 0) is 37.3 Å². The van der Waals surface area contributed by atoms with Crippen molar-refractivity contribution in [3.63, 3.8) is 0 Å². The molecule has 0 radical (unpaired) electrons. The number of ether oxygens (including phenoxy) is 2. The number of anilines is 1. The van der Waals surface area contributed by atoms with Crippen molar-refractivity contribution in [2.45, 2.75) is 6.92 Å². The van der Waals surface area contributed by atoms with Crippen LogP contribution in [0.1, 0.15) is 26.5 Å². The van der Waals surface area contributed by atoms with E-state index in [0.29, 0.717) is 28.4 Å². The van der Waals surface area contributed by atoms with Gasteiger partial charge >= 0.3 is 5.97 Å². The van der Waals surface area contributed by atoms with E-state index in [2.05, 4.69) is 10.4 Å². The molecule has 1 amide bonds. The lowest BCUT2D eigenvalue weighted by molar-refractivity contribution is 0.0589. The van der Waals surface area contributed by atoms with Crippen LogP contribution in [0.5, 0.6) is 11.5 Å². The van der Waals surface area contributed by atoms with Crippen LogP contribution >= 0.6 is 0 Å². The number of hydrogen-bond donors (Lipinski definition) is 1. The molecular formula is C20H19N3O4. The maximum absolute atomic E-state index is 12.7. The Morgan fingerprint density at radius 2 is 1.74 bits per heavy atom. The third-order valence-electron chi connectivity index (χ3n) is 3.91. The number of para-hydroxylation sites is 1. The van der Waals surface area contributed by atoms with Crippen molar-refractivity contribution in [1.29, 1.82) is 0 Å². The topological polar surface area (TPSA) is 82.4 Å². The van der Waals surface area contributed by atoms with Crippen LogP contribution in [0.15, 0.2) is 54.6 Å². The van der Waals surface area contributed by atoms with Crippen LogP contribution in [0.3, 0.4) is 0 Å². The van der Waals surface area contributed by atoms with E-state index in [1.54, 1.807) is 38.2 Å². The standard InChI is InChI=1S/C20H19N3O4/c1-13-17(18(20(25)26-3)23(2)22-13)21-19(24)14-8-7-11-16(12-14)27-15-9-5-4-6-10-15/h4-12H,1-3H3,(H,21,24). The Hall–Kier alpha value is -3.61. The van der Waals surface area contributed by atoms with Crippen molar-refractivity contribution in [2.75, 3.05) is 12.4 Å². The van der Waals surface area contributed by atoms with Gasteiger partial charge in [0.05, 0.1) is 18.5 Å². The minimum absolute atomic E-state index is 0.181. The minimum Gasteiger partial charge on any atom is -0.464 e. The lowest BCUT2D eigenvalue weighted by Crippen LogP contribution is -2.16. The highest BCUT2D eigenvalue weighted by molar-refractivity contribution is 6.08. The molecule has 0 bridgehead atoms. The summed E-state index contributed by atoms with van der Waals surface area (Å²) >= 11 is 0. The summed E-state index contributed by atoms with van der Waals surface area (Å²) in [6.07, 6.45) is 0.